The molecule has 0 spiro atoms. The zero-order valence-electron chi connectivity index (χ0n) is 21.6. The van der Waals surface area contributed by atoms with Crippen LogP contribution in [0.2, 0.25) is 0 Å². The summed E-state index contributed by atoms with van der Waals surface area (Å²) in [6, 6.07) is 16.0. The summed E-state index contributed by atoms with van der Waals surface area (Å²) in [5.41, 5.74) is 8.27. The number of nitrogens with one attached hydrogen (secondary N) is 1. The van der Waals surface area contributed by atoms with E-state index in [2.05, 4.69) is 40.6 Å². The fourth-order valence-corrected chi connectivity index (χ4v) is 5.74. The van der Waals surface area contributed by atoms with E-state index in [1.807, 2.05) is 27.7 Å². The fourth-order valence-electron chi connectivity index (χ4n) is 5.74. The van der Waals surface area contributed by atoms with E-state index in [0.29, 0.717) is 31.4 Å². The molecule has 7 rings (SSSR count). The first-order chi connectivity index (χ1) is 19.0. The van der Waals surface area contributed by atoms with Gasteiger partial charge in [0, 0.05) is 36.8 Å². The Balaban J connectivity index is 1.23. The first kappa shape index (κ1) is 23.6. The van der Waals surface area contributed by atoms with Crippen molar-refractivity contribution in [1.82, 2.24) is 29.3 Å². The molecule has 0 radical (unpaired) electrons. The van der Waals surface area contributed by atoms with Crippen molar-refractivity contribution in [2.24, 2.45) is 11.7 Å². The summed E-state index contributed by atoms with van der Waals surface area (Å²) in [5.74, 6) is 2.44. The van der Waals surface area contributed by atoms with Gasteiger partial charge in [-0.15, -0.1) is 0 Å². The van der Waals surface area contributed by atoms with Crippen molar-refractivity contribution in [2.45, 2.75) is 44.8 Å². The molecule has 10 heteroatoms. The van der Waals surface area contributed by atoms with Gasteiger partial charge in [0.15, 0.2) is 0 Å². The first-order valence-electron chi connectivity index (χ1n) is 13.6. The average Bonchev–Trinajstić information content (AvgIpc) is 3.62. The Morgan fingerprint density at radius 2 is 1.79 bits per heavy atom. The molecule has 2 aromatic heterocycles. The highest BCUT2D eigenvalue weighted by atomic mass is 16.2. The lowest BCUT2D eigenvalue weighted by atomic mass is 10.1. The van der Waals surface area contributed by atoms with Gasteiger partial charge in [0.25, 0.3) is 0 Å². The van der Waals surface area contributed by atoms with Crippen molar-refractivity contribution in [1.29, 1.82) is 0 Å². The zero-order chi connectivity index (χ0) is 26.5. The largest absolute Gasteiger partial charge is 0.351 e. The predicted molar refractivity (Wildman–Crippen MR) is 147 cm³/mol. The van der Waals surface area contributed by atoms with Gasteiger partial charge in [-0.05, 0) is 48.6 Å². The minimum Gasteiger partial charge on any atom is -0.351 e. The molecule has 3 N–H and O–H groups in total. The number of benzene rings is 2. The Morgan fingerprint density at radius 3 is 2.62 bits per heavy atom. The predicted octanol–water partition coefficient (Wildman–Crippen LogP) is 3.69. The molecule has 10 nitrogen and oxygen atoms in total. The van der Waals surface area contributed by atoms with E-state index in [9.17, 15) is 9.59 Å². The molecule has 0 bridgehead atoms. The van der Waals surface area contributed by atoms with Crippen molar-refractivity contribution in [3.63, 3.8) is 0 Å². The van der Waals surface area contributed by atoms with Gasteiger partial charge in [-0.2, -0.15) is 4.98 Å². The second kappa shape index (κ2) is 9.37. The lowest BCUT2D eigenvalue weighted by Crippen LogP contribution is -2.45. The first-order valence-corrected chi connectivity index (χ1v) is 13.6. The molecule has 4 aromatic rings. The molecule has 1 atom stereocenters. The Morgan fingerprint density at radius 1 is 0.949 bits per heavy atom. The van der Waals surface area contributed by atoms with E-state index >= 15 is 0 Å². The van der Waals surface area contributed by atoms with E-state index in [-0.39, 0.29) is 17.9 Å². The molecule has 3 aliphatic rings. The number of fused-ring (bicyclic) bond motifs is 2. The number of piperidine rings is 1. The van der Waals surface area contributed by atoms with Gasteiger partial charge in [0.1, 0.15) is 11.6 Å². The topological polar surface area (TPSA) is 122 Å². The lowest BCUT2D eigenvalue weighted by molar-refractivity contribution is -0.133. The second-order valence-electron chi connectivity index (χ2n) is 10.7. The molecule has 1 saturated carbocycles. The second-order valence-corrected chi connectivity index (χ2v) is 10.7. The number of nitrogens with two attached hydrogens (primary N) is 1. The van der Waals surface area contributed by atoms with Crippen LogP contribution in [-0.4, -0.2) is 60.4 Å². The number of imidazole rings is 1. The van der Waals surface area contributed by atoms with Gasteiger partial charge >= 0.3 is 6.03 Å². The summed E-state index contributed by atoms with van der Waals surface area (Å²) < 4.78 is 2.01. The van der Waals surface area contributed by atoms with Crippen molar-refractivity contribution in [2.75, 3.05) is 18.4 Å². The summed E-state index contributed by atoms with van der Waals surface area (Å²) in [5, 5.41) is 5.75. The maximum atomic E-state index is 12.6. The SMILES string of the molecule is NC(=O)N1Cc2nc(-c3ccc4ccccc4c3)n(-c3ccnc(N[C@H]4CCCN(C(=O)C5CC5)C4)n3)c2C1. The molecule has 1 saturated heterocycles. The number of aromatic nitrogens is 4. The van der Waals surface area contributed by atoms with E-state index < -0.39 is 6.03 Å². The third kappa shape index (κ3) is 4.45. The normalized spacial score (nSPS) is 18.8. The number of hydrogen-bond donors (Lipinski definition) is 2. The van der Waals surface area contributed by atoms with Crippen LogP contribution in [0, 0.1) is 5.92 Å². The molecule has 3 amide bonds. The summed E-state index contributed by atoms with van der Waals surface area (Å²) in [6.45, 7) is 2.21. The van der Waals surface area contributed by atoms with Gasteiger partial charge in [-0.25, -0.2) is 14.8 Å². The van der Waals surface area contributed by atoms with Crippen LogP contribution in [0.5, 0.6) is 0 Å². The monoisotopic (exact) mass is 522 g/mol. The van der Waals surface area contributed by atoms with Gasteiger partial charge in [0.05, 0.1) is 24.5 Å². The summed E-state index contributed by atoms with van der Waals surface area (Å²) >= 11 is 0. The van der Waals surface area contributed by atoms with E-state index in [4.69, 9.17) is 15.7 Å². The van der Waals surface area contributed by atoms with Crippen molar-refractivity contribution in [3.8, 4) is 17.2 Å². The Hall–Kier alpha value is -4.47. The quantitative estimate of drug-likeness (QED) is 0.412. The van der Waals surface area contributed by atoms with Crippen LogP contribution >= 0.6 is 0 Å². The van der Waals surface area contributed by atoms with Crippen LogP contribution in [0.25, 0.3) is 28.0 Å². The standard InChI is InChI=1S/C29H30N8O2/c30-28(39)36-16-23-24(17-36)37(26(33-23)21-10-7-18-4-1-2-5-20(18)14-21)25-11-12-31-29(34-25)32-22-6-3-13-35(15-22)27(38)19-8-9-19/h1-2,4-5,7,10-12,14,19,22H,3,6,8-9,13,15-17H2,(H2,30,39)(H,31,32,34)/t22-/m0/s1. The molecule has 2 fully saturated rings. The van der Waals surface area contributed by atoms with Gasteiger partial charge in [-0.3, -0.25) is 9.36 Å². The number of amides is 3. The van der Waals surface area contributed by atoms with Crippen LogP contribution in [0.1, 0.15) is 37.1 Å². The highest BCUT2D eigenvalue weighted by Gasteiger charge is 2.35. The molecular weight excluding hydrogens is 492 g/mol. The highest BCUT2D eigenvalue weighted by molar-refractivity contribution is 5.86. The lowest BCUT2D eigenvalue weighted by Gasteiger charge is -2.33. The van der Waals surface area contributed by atoms with Crippen molar-refractivity contribution in [3.05, 3.63) is 66.1 Å². The summed E-state index contributed by atoms with van der Waals surface area (Å²) in [6.07, 6.45) is 5.68. The number of likely N-dealkylation sites (tertiary alicyclic amines) is 1. The molecule has 0 unspecified atom stereocenters. The molecule has 198 valence electrons. The Kier molecular flexibility index (Phi) is 5.68. The number of nitrogens with zero attached hydrogens (tertiary/aromatic N) is 6. The summed E-state index contributed by atoms with van der Waals surface area (Å²) in [7, 11) is 0. The molecule has 2 aliphatic heterocycles. The third-order valence-electron chi connectivity index (χ3n) is 7.92. The van der Waals surface area contributed by atoms with E-state index in [1.54, 1.807) is 11.1 Å². The van der Waals surface area contributed by atoms with Crippen LogP contribution in [0.3, 0.4) is 0 Å². The van der Waals surface area contributed by atoms with E-state index in [1.165, 1.54) is 0 Å². The zero-order valence-corrected chi connectivity index (χ0v) is 21.6. The third-order valence-corrected chi connectivity index (χ3v) is 7.92. The van der Waals surface area contributed by atoms with Crippen LogP contribution in [0.15, 0.2) is 54.7 Å². The molecular formula is C29H30N8O2. The van der Waals surface area contributed by atoms with Gasteiger partial charge in [-0.1, -0.05) is 36.4 Å². The Labute approximate surface area is 225 Å². The van der Waals surface area contributed by atoms with Gasteiger partial charge < -0.3 is 20.9 Å². The highest BCUT2D eigenvalue weighted by Crippen LogP contribution is 2.34. The number of primary amides is 1. The summed E-state index contributed by atoms with van der Waals surface area (Å²) in [4.78, 5) is 42.5. The van der Waals surface area contributed by atoms with Gasteiger partial charge in [0.2, 0.25) is 11.9 Å². The maximum absolute atomic E-state index is 12.6. The number of rotatable bonds is 5. The van der Waals surface area contributed by atoms with Crippen molar-refractivity contribution >= 4 is 28.7 Å². The molecule has 2 aromatic carbocycles. The number of anilines is 1. The average molecular weight is 523 g/mol. The number of carbonyl (C=O) groups excluding carboxylic acids is 2. The van der Waals surface area contributed by atoms with Crippen LogP contribution in [-0.2, 0) is 17.9 Å². The molecule has 1 aliphatic carbocycles. The molecule has 39 heavy (non-hydrogen) atoms. The van der Waals surface area contributed by atoms with E-state index in [0.717, 1.165) is 65.8 Å². The minimum absolute atomic E-state index is 0.0931. The Bertz CT molecular complexity index is 1590. The van der Waals surface area contributed by atoms with Crippen LogP contribution < -0.4 is 11.1 Å². The minimum atomic E-state index is -0.473. The number of urea groups is 1. The van der Waals surface area contributed by atoms with Crippen molar-refractivity contribution < 1.29 is 9.59 Å². The van der Waals surface area contributed by atoms with Crippen LogP contribution in [0.4, 0.5) is 10.7 Å². The fraction of sp³-hybridized carbons (Fsp3) is 0.345. The maximum Gasteiger partial charge on any atom is 0.315 e. The number of hydrogen-bond acceptors (Lipinski definition) is 6. The number of carbonyl (C=O) groups is 2. The molecule has 4 heterocycles. The smallest absolute Gasteiger partial charge is 0.315 e.